The number of aromatic amines is 1. The van der Waals surface area contributed by atoms with E-state index < -0.39 is 67.5 Å². The fourth-order valence-electron chi connectivity index (χ4n) is 3.45. The standard InChI is InChI=1S/C23H27FN3O10P/c1-5-22(32)19(30)23(24,36-20(22)27-12-11-17(28)25-21(27)31)13-34-38(33,37-16-9-7-6-8-10-16)26-15(4)18(29)35-14(2)3/h1,6-12,14-15,19-20,30,32H,13H2,2-4H3,(H,26,33)(H,25,28,31)/t15-,19-,20+,22+,23+,38+/m0/s1. The number of nitrogens with one attached hydrogen (secondary N) is 2. The lowest BCUT2D eigenvalue weighted by Gasteiger charge is -2.28. The van der Waals surface area contributed by atoms with Gasteiger partial charge in [0.15, 0.2) is 12.3 Å². The Morgan fingerprint density at radius 2 is 1.97 bits per heavy atom. The van der Waals surface area contributed by atoms with Crippen molar-refractivity contribution in [2.24, 2.45) is 0 Å². The predicted molar refractivity (Wildman–Crippen MR) is 130 cm³/mol. The largest absolute Gasteiger partial charge is 0.462 e. The number of terminal acetylenes is 1. The lowest BCUT2D eigenvalue weighted by Crippen LogP contribution is -2.51. The topological polar surface area (TPSA) is 178 Å². The summed E-state index contributed by atoms with van der Waals surface area (Å²) in [6, 6.07) is 7.20. The van der Waals surface area contributed by atoms with Gasteiger partial charge in [-0.1, -0.05) is 24.1 Å². The van der Waals surface area contributed by atoms with Gasteiger partial charge in [0, 0.05) is 12.3 Å². The molecule has 1 aromatic heterocycles. The van der Waals surface area contributed by atoms with Gasteiger partial charge in [-0.15, -0.1) is 6.42 Å². The summed E-state index contributed by atoms with van der Waals surface area (Å²) in [6.07, 6.45) is 1.16. The molecule has 0 spiro atoms. The van der Waals surface area contributed by atoms with E-state index in [0.29, 0.717) is 4.57 Å². The van der Waals surface area contributed by atoms with E-state index in [0.717, 1.165) is 12.3 Å². The van der Waals surface area contributed by atoms with Crippen LogP contribution in [0.25, 0.3) is 0 Å². The number of hydrogen-bond donors (Lipinski definition) is 4. The molecule has 0 saturated carbocycles. The smallest absolute Gasteiger partial charge is 0.459 e. The Morgan fingerprint density at radius 1 is 1.32 bits per heavy atom. The molecule has 0 unspecified atom stereocenters. The number of esters is 1. The summed E-state index contributed by atoms with van der Waals surface area (Å²) in [5, 5.41) is 23.8. The summed E-state index contributed by atoms with van der Waals surface area (Å²) < 4.78 is 50.9. The van der Waals surface area contributed by atoms with E-state index in [1.807, 2.05) is 4.98 Å². The van der Waals surface area contributed by atoms with Gasteiger partial charge in [0.25, 0.3) is 11.4 Å². The van der Waals surface area contributed by atoms with E-state index in [-0.39, 0.29) is 5.75 Å². The molecule has 4 N–H and O–H groups in total. The van der Waals surface area contributed by atoms with Crippen LogP contribution in [-0.4, -0.2) is 62.0 Å². The second kappa shape index (κ2) is 11.2. The number of carbonyl (C=O) groups excluding carboxylic acids is 1. The highest BCUT2D eigenvalue weighted by Gasteiger charge is 2.65. The van der Waals surface area contributed by atoms with Crippen molar-refractivity contribution in [3.63, 3.8) is 0 Å². The molecule has 0 radical (unpaired) electrons. The predicted octanol–water partition coefficient (Wildman–Crippen LogP) is 0.590. The fraction of sp³-hybridized carbons (Fsp3) is 0.435. The van der Waals surface area contributed by atoms with Gasteiger partial charge in [-0.3, -0.25) is 23.7 Å². The molecule has 0 amide bonds. The fourth-order valence-corrected chi connectivity index (χ4v) is 4.96. The molecule has 0 aliphatic carbocycles. The van der Waals surface area contributed by atoms with Crippen molar-refractivity contribution in [3.8, 4) is 18.1 Å². The average Bonchev–Trinajstić information content (AvgIpc) is 3.05. The number of carbonyl (C=O) groups is 1. The van der Waals surface area contributed by atoms with Gasteiger partial charge in [-0.05, 0) is 32.9 Å². The van der Waals surface area contributed by atoms with Gasteiger partial charge in [0.1, 0.15) is 18.4 Å². The second-order valence-electron chi connectivity index (χ2n) is 8.66. The van der Waals surface area contributed by atoms with E-state index in [2.05, 4.69) is 5.09 Å². The van der Waals surface area contributed by atoms with Gasteiger partial charge in [-0.2, -0.15) is 5.09 Å². The summed E-state index contributed by atoms with van der Waals surface area (Å²) in [4.78, 5) is 37.8. The molecule has 6 atom stereocenters. The number of rotatable bonds is 10. The number of nitrogens with zero attached hydrogens (tertiary/aromatic N) is 1. The minimum atomic E-state index is -4.61. The number of ether oxygens (including phenoxy) is 2. The van der Waals surface area contributed by atoms with Crippen LogP contribution in [-0.2, 0) is 23.4 Å². The Kier molecular flexibility index (Phi) is 8.62. The van der Waals surface area contributed by atoms with Crippen LogP contribution in [0.1, 0.15) is 27.0 Å². The Hall–Kier alpha value is -3.31. The van der Waals surface area contributed by atoms with Crippen LogP contribution < -0.4 is 20.9 Å². The molecule has 1 aromatic carbocycles. The number of alkyl halides is 1. The maximum Gasteiger partial charge on any atom is 0.459 e. The first kappa shape index (κ1) is 29.2. The Labute approximate surface area is 216 Å². The molecular formula is C23H27FN3O10P. The van der Waals surface area contributed by atoms with E-state index in [4.69, 9.17) is 24.9 Å². The maximum atomic E-state index is 15.9. The second-order valence-corrected chi connectivity index (χ2v) is 10.4. The first-order valence-electron chi connectivity index (χ1n) is 11.3. The lowest BCUT2D eigenvalue weighted by molar-refractivity contribution is -0.204. The number of aromatic nitrogens is 2. The quantitative estimate of drug-likeness (QED) is 0.183. The van der Waals surface area contributed by atoms with E-state index in [1.165, 1.54) is 19.1 Å². The van der Waals surface area contributed by atoms with Crippen molar-refractivity contribution in [1.82, 2.24) is 14.6 Å². The molecule has 3 rings (SSSR count). The average molecular weight is 555 g/mol. The van der Waals surface area contributed by atoms with Crippen molar-refractivity contribution in [2.45, 2.75) is 56.7 Å². The number of hydrogen-bond acceptors (Lipinski definition) is 10. The molecule has 38 heavy (non-hydrogen) atoms. The third-order valence-electron chi connectivity index (χ3n) is 5.30. The van der Waals surface area contributed by atoms with Crippen molar-refractivity contribution < 1.29 is 42.5 Å². The summed E-state index contributed by atoms with van der Waals surface area (Å²) in [6.45, 7) is 3.15. The van der Waals surface area contributed by atoms with Gasteiger partial charge < -0.3 is 24.2 Å². The van der Waals surface area contributed by atoms with Gasteiger partial charge >= 0.3 is 19.4 Å². The third kappa shape index (κ3) is 6.21. The van der Waals surface area contributed by atoms with Crippen LogP contribution in [0.2, 0.25) is 0 Å². The molecule has 2 aromatic rings. The molecular weight excluding hydrogens is 528 g/mol. The molecule has 1 saturated heterocycles. The summed E-state index contributed by atoms with van der Waals surface area (Å²) >= 11 is 0. The number of benzene rings is 1. The first-order valence-corrected chi connectivity index (χ1v) is 12.8. The molecule has 15 heteroatoms. The van der Waals surface area contributed by atoms with Crippen LogP contribution in [0.15, 0.2) is 52.2 Å². The van der Waals surface area contributed by atoms with Crippen LogP contribution in [0, 0.1) is 12.3 Å². The van der Waals surface area contributed by atoms with E-state index >= 15 is 4.39 Å². The minimum absolute atomic E-state index is 0.0198. The Bertz CT molecular complexity index is 1360. The summed E-state index contributed by atoms with van der Waals surface area (Å²) in [5.74, 6) is -2.35. The zero-order valence-electron chi connectivity index (χ0n) is 20.6. The van der Waals surface area contributed by atoms with Crippen LogP contribution in [0.3, 0.4) is 0 Å². The number of aliphatic hydroxyl groups is 2. The number of halogens is 1. The summed E-state index contributed by atoms with van der Waals surface area (Å²) in [7, 11) is -4.61. The van der Waals surface area contributed by atoms with Gasteiger partial charge in [0.05, 0.1) is 6.10 Å². The Morgan fingerprint density at radius 3 is 2.55 bits per heavy atom. The molecule has 0 bridgehead atoms. The third-order valence-corrected chi connectivity index (χ3v) is 6.93. The highest BCUT2D eigenvalue weighted by atomic mass is 31.2. The van der Waals surface area contributed by atoms with Crippen molar-refractivity contribution in [1.29, 1.82) is 0 Å². The molecule has 1 aliphatic heterocycles. The highest BCUT2D eigenvalue weighted by Crippen LogP contribution is 2.50. The summed E-state index contributed by atoms with van der Waals surface area (Å²) in [5.41, 5.74) is -4.74. The first-order chi connectivity index (χ1) is 17.7. The minimum Gasteiger partial charge on any atom is -0.462 e. The van der Waals surface area contributed by atoms with Gasteiger partial charge in [-0.25, -0.2) is 13.8 Å². The molecule has 1 fully saturated rings. The highest BCUT2D eigenvalue weighted by molar-refractivity contribution is 7.52. The maximum absolute atomic E-state index is 15.9. The zero-order valence-corrected chi connectivity index (χ0v) is 21.5. The van der Waals surface area contributed by atoms with Crippen LogP contribution >= 0.6 is 7.75 Å². The van der Waals surface area contributed by atoms with Gasteiger partial charge in [0.2, 0.25) is 5.60 Å². The Balaban J connectivity index is 1.90. The zero-order chi connectivity index (χ0) is 28.3. The number of H-pyrrole nitrogens is 1. The normalized spacial score (nSPS) is 27.3. The van der Waals surface area contributed by atoms with Crippen molar-refractivity contribution >= 4 is 13.7 Å². The van der Waals surface area contributed by atoms with E-state index in [1.54, 1.807) is 38.0 Å². The SMILES string of the molecule is C#C[C@]1(O)[C@H](n2ccc(=O)[nH]c2=O)O[C@](F)(CO[P@](=O)(N[C@@H](C)C(=O)OC(C)C)Oc2ccccc2)[C@H]1O. The monoisotopic (exact) mass is 555 g/mol. The van der Waals surface area contributed by atoms with Crippen LogP contribution in [0.4, 0.5) is 4.39 Å². The number of para-hydroxylation sites is 1. The van der Waals surface area contributed by atoms with Crippen molar-refractivity contribution in [3.05, 3.63) is 63.4 Å². The van der Waals surface area contributed by atoms with E-state index in [9.17, 15) is 29.2 Å². The van der Waals surface area contributed by atoms with Crippen LogP contribution in [0.5, 0.6) is 5.75 Å². The molecule has 1 aliphatic rings. The molecule has 206 valence electrons. The number of aliphatic hydroxyl groups excluding tert-OH is 1. The molecule has 2 heterocycles. The molecule has 13 nitrogen and oxygen atoms in total. The van der Waals surface area contributed by atoms with Crippen molar-refractivity contribution in [2.75, 3.05) is 6.61 Å². The lowest BCUT2D eigenvalue weighted by atomic mass is 9.94.